The number of hydrogen-bond donors (Lipinski definition) is 0. The van der Waals surface area contributed by atoms with Crippen LogP contribution in [0.1, 0.15) is 18.9 Å². The highest BCUT2D eigenvalue weighted by Gasteiger charge is 2.30. The lowest BCUT2D eigenvalue weighted by Crippen LogP contribution is -2.25. The van der Waals surface area contributed by atoms with E-state index in [1.54, 1.807) is 0 Å². The molecule has 0 aromatic heterocycles. The van der Waals surface area contributed by atoms with Crippen LogP contribution in [0.4, 0.5) is 5.69 Å². The van der Waals surface area contributed by atoms with Crippen molar-refractivity contribution < 1.29 is 4.79 Å². The Kier molecular flexibility index (Phi) is 4.10. The van der Waals surface area contributed by atoms with Gasteiger partial charge in [-0.05, 0) is 46.0 Å². The molecular weight excluding hydrogens is 302 g/mol. The maximum absolute atomic E-state index is 11.9. The highest BCUT2D eigenvalue weighted by molar-refractivity contribution is 9.10. The monoisotopic (exact) mass is 315 g/mol. The number of benzene rings is 1. The van der Waals surface area contributed by atoms with E-state index in [9.17, 15) is 4.79 Å². The zero-order valence-corrected chi connectivity index (χ0v) is 12.1. The van der Waals surface area contributed by atoms with Gasteiger partial charge in [-0.1, -0.05) is 13.0 Å². The molecule has 1 saturated heterocycles. The Hall–Kier alpha value is -0.540. The summed E-state index contributed by atoms with van der Waals surface area (Å²) in [6, 6.07) is 6.16. The summed E-state index contributed by atoms with van der Waals surface area (Å²) >= 11 is 9.36. The zero-order valence-electron chi connectivity index (χ0n) is 9.75. The van der Waals surface area contributed by atoms with Crippen molar-refractivity contribution in [3.63, 3.8) is 0 Å². The second-order valence-corrected chi connectivity index (χ2v) is 5.53. The van der Waals surface area contributed by atoms with Crippen LogP contribution in [-0.4, -0.2) is 18.3 Å². The molecule has 0 bridgehead atoms. The SMILES string of the molecule is CCc1ccc(N2CC(CCl)CC2=O)c(Br)c1. The Bertz CT molecular complexity index is 435. The summed E-state index contributed by atoms with van der Waals surface area (Å²) in [6.07, 6.45) is 1.56. The first-order chi connectivity index (χ1) is 8.15. The van der Waals surface area contributed by atoms with Gasteiger partial charge in [0.2, 0.25) is 5.91 Å². The highest BCUT2D eigenvalue weighted by atomic mass is 79.9. The van der Waals surface area contributed by atoms with Gasteiger partial charge in [0, 0.05) is 23.3 Å². The molecule has 0 saturated carbocycles. The van der Waals surface area contributed by atoms with Gasteiger partial charge in [0.1, 0.15) is 0 Å². The van der Waals surface area contributed by atoms with Crippen molar-refractivity contribution in [3.8, 4) is 0 Å². The van der Waals surface area contributed by atoms with Crippen molar-refractivity contribution in [2.45, 2.75) is 19.8 Å². The summed E-state index contributed by atoms with van der Waals surface area (Å²) in [5.41, 5.74) is 2.22. The van der Waals surface area contributed by atoms with E-state index in [1.807, 2.05) is 11.0 Å². The second kappa shape index (κ2) is 5.40. The molecule has 1 heterocycles. The number of aryl methyl sites for hydroxylation is 1. The molecule has 2 nitrogen and oxygen atoms in total. The minimum absolute atomic E-state index is 0.167. The summed E-state index contributed by atoms with van der Waals surface area (Å²) in [4.78, 5) is 13.7. The molecule has 1 aromatic rings. The molecule has 2 rings (SSSR count). The van der Waals surface area contributed by atoms with E-state index in [1.165, 1.54) is 5.56 Å². The van der Waals surface area contributed by atoms with Crippen LogP contribution < -0.4 is 4.90 Å². The van der Waals surface area contributed by atoms with Crippen LogP contribution in [-0.2, 0) is 11.2 Å². The zero-order chi connectivity index (χ0) is 12.4. The van der Waals surface area contributed by atoms with Crippen molar-refractivity contribution in [2.24, 2.45) is 5.92 Å². The third kappa shape index (κ3) is 2.66. The normalized spacial score (nSPS) is 20.1. The predicted octanol–water partition coefficient (Wildman–Crippen LogP) is 3.60. The first-order valence-corrected chi connectivity index (χ1v) is 7.13. The fraction of sp³-hybridized carbons (Fsp3) is 0.462. The number of alkyl halides is 1. The summed E-state index contributed by atoms with van der Waals surface area (Å²) in [5.74, 6) is 0.995. The van der Waals surface area contributed by atoms with Gasteiger partial charge in [-0.2, -0.15) is 0 Å². The van der Waals surface area contributed by atoms with Crippen molar-refractivity contribution in [1.29, 1.82) is 0 Å². The molecule has 1 aliphatic heterocycles. The molecule has 1 aliphatic rings. The molecule has 1 aromatic carbocycles. The molecule has 1 amide bonds. The Balaban J connectivity index is 2.26. The van der Waals surface area contributed by atoms with Crippen LogP contribution in [0.3, 0.4) is 0 Å². The number of amides is 1. The third-order valence-corrected chi connectivity index (χ3v) is 4.21. The minimum Gasteiger partial charge on any atom is -0.311 e. The molecule has 0 N–H and O–H groups in total. The number of halogens is 2. The predicted molar refractivity (Wildman–Crippen MR) is 74.7 cm³/mol. The van der Waals surface area contributed by atoms with Gasteiger partial charge < -0.3 is 4.90 Å². The first kappa shape index (κ1) is 12.9. The lowest BCUT2D eigenvalue weighted by Gasteiger charge is -2.18. The largest absolute Gasteiger partial charge is 0.311 e. The lowest BCUT2D eigenvalue weighted by molar-refractivity contribution is -0.117. The van der Waals surface area contributed by atoms with Gasteiger partial charge in [-0.15, -0.1) is 11.6 Å². The van der Waals surface area contributed by atoms with E-state index < -0.39 is 0 Å². The number of anilines is 1. The molecule has 0 aliphatic carbocycles. The van der Waals surface area contributed by atoms with Crippen LogP contribution in [0, 0.1) is 5.92 Å². The average molecular weight is 317 g/mol. The summed E-state index contributed by atoms with van der Waals surface area (Å²) < 4.78 is 0.987. The van der Waals surface area contributed by atoms with E-state index in [-0.39, 0.29) is 11.8 Å². The van der Waals surface area contributed by atoms with Crippen molar-refractivity contribution in [3.05, 3.63) is 28.2 Å². The number of carbonyl (C=O) groups excluding carboxylic acids is 1. The second-order valence-electron chi connectivity index (χ2n) is 4.37. The fourth-order valence-corrected chi connectivity index (χ4v) is 2.95. The van der Waals surface area contributed by atoms with Crippen molar-refractivity contribution >= 4 is 39.1 Å². The Morgan fingerprint density at radius 3 is 2.82 bits per heavy atom. The van der Waals surface area contributed by atoms with E-state index in [0.717, 1.165) is 23.1 Å². The van der Waals surface area contributed by atoms with Gasteiger partial charge in [0.05, 0.1) is 5.69 Å². The third-order valence-electron chi connectivity index (χ3n) is 3.13. The molecule has 1 fully saturated rings. The van der Waals surface area contributed by atoms with E-state index in [2.05, 4.69) is 35.0 Å². The van der Waals surface area contributed by atoms with Gasteiger partial charge in [-0.25, -0.2) is 0 Å². The molecule has 0 radical (unpaired) electrons. The van der Waals surface area contributed by atoms with Gasteiger partial charge in [0.25, 0.3) is 0 Å². The highest BCUT2D eigenvalue weighted by Crippen LogP contribution is 2.32. The number of carbonyl (C=O) groups is 1. The fourth-order valence-electron chi connectivity index (χ4n) is 2.11. The molecule has 92 valence electrons. The number of hydrogen-bond acceptors (Lipinski definition) is 1. The van der Waals surface area contributed by atoms with Crippen molar-refractivity contribution in [1.82, 2.24) is 0 Å². The number of nitrogens with zero attached hydrogens (tertiary/aromatic N) is 1. The van der Waals surface area contributed by atoms with Crippen LogP contribution in [0.2, 0.25) is 0 Å². The molecule has 0 spiro atoms. The molecule has 4 heteroatoms. The summed E-state index contributed by atoms with van der Waals surface area (Å²) in [5, 5.41) is 0. The van der Waals surface area contributed by atoms with Gasteiger partial charge >= 0.3 is 0 Å². The maximum Gasteiger partial charge on any atom is 0.227 e. The smallest absolute Gasteiger partial charge is 0.227 e. The Morgan fingerprint density at radius 1 is 1.53 bits per heavy atom. The maximum atomic E-state index is 11.9. The average Bonchev–Trinajstić information content (AvgIpc) is 2.70. The van der Waals surface area contributed by atoms with E-state index in [4.69, 9.17) is 11.6 Å². The van der Waals surface area contributed by atoms with E-state index in [0.29, 0.717) is 12.3 Å². The summed E-state index contributed by atoms with van der Waals surface area (Å²) in [7, 11) is 0. The summed E-state index contributed by atoms with van der Waals surface area (Å²) in [6.45, 7) is 2.85. The van der Waals surface area contributed by atoms with Crippen LogP contribution in [0.5, 0.6) is 0 Å². The minimum atomic E-state index is 0.167. The van der Waals surface area contributed by atoms with E-state index >= 15 is 0 Å². The van der Waals surface area contributed by atoms with Gasteiger partial charge in [0.15, 0.2) is 0 Å². The Morgan fingerprint density at radius 2 is 2.29 bits per heavy atom. The Labute approximate surface area is 115 Å². The topological polar surface area (TPSA) is 20.3 Å². The van der Waals surface area contributed by atoms with Crippen molar-refractivity contribution in [2.75, 3.05) is 17.3 Å². The lowest BCUT2D eigenvalue weighted by atomic mass is 10.1. The molecule has 1 unspecified atom stereocenters. The standard InChI is InChI=1S/C13H15BrClNO/c1-2-9-3-4-12(11(14)5-9)16-8-10(7-15)6-13(16)17/h3-5,10H,2,6-8H2,1H3. The first-order valence-electron chi connectivity index (χ1n) is 5.80. The molecule has 17 heavy (non-hydrogen) atoms. The van der Waals surface area contributed by atoms with Crippen LogP contribution >= 0.6 is 27.5 Å². The number of rotatable bonds is 3. The molecule has 1 atom stereocenters. The van der Waals surface area contributed by atoms with Gasteiger partial charge in [-0.3, -0.25) is 4.79 Å². The van der Waals surface area contributed by atoms with Crippen LogP contribution in [0.15, 0.2) is 22.7 Å². The molecular formula is C13H15BrClNO. The quantitative estimate of drug-likeness (QED) is 0.780. The van der Waals surface area contributed by atoms with Crippen LogP contribution in [0.25, 0.3) is 0 Å².